The third kappa shape index (κ3) is 3.40. The predicted octanol–water partition coefficient (Wildman–Crippen LogP) is 4.31. The second-order valence-corrected chi connectivity index (χ2v) is 6.57. The number of carbonyl (C=O) groups excluding carboxylic acids is 1. The molecule has 0 spiro atoms. The molecule has 25 heavy (non-hydrogen) atoms. The second kappa shape index (κ2) is 6.66. The summed E-state index contributed by atoms with van der Waals surface area (Å²) >= 11 is 7.22. The summed E-state index contributed by atoms with van der Waals surface area (Å²) in [5.74, 6) is -0.558. The Balaban J connectivity index is 2.10. The first-order valence-electron chi connectivity index (χ1n) is 7.24. The number of nitrogens with two attached hydrogens (primary N) is 1. The van der Waals surface area contributed by atoms with E-state index in [1.165, 1.54) is 17.4 Å². The van der Waals surface area contributed by atoms with Gasteiger partial charge < -0.3 is 10.5 Å². The molecule has 1 amide bonds. The van der Waals surface area contributed by atoms with E-state index in [1.54, 1.807) is 19.1 Å². The van der Waals surface area contributed by atoms with Crippen molar-refractivity contribution in [1.29, 1.82) is 0 Å². The van der Waals surface area contributed by atoms with Crippen LogP contribution in [0.3, 0.4) is 0 Å². The molecule has 1 heterocycles. The number of nitrogens with zero attached hydrogens (tertiary/aromatic N) is 2. The minimum absolute atomic E-state index is 0.0656. The number of nitro benzene ring substituents is 1. The van der Waals surface area contributed by atoms with Crippen molar-refractivity contribution in [3.05, 3.63) is 56.6 Å². The van der Waals surface area contributed by atoms with Crippen LogP contribution in [0, 0.1) is 10.1 Å². The van der Waals surface area contributed by atoms with Gasteiger partial charge in [-0.1, -0.05) is 29.9 Å². The topological polar surface area (TPSA) is 108 Å². The van der Waals surface area contributed by atoms with Gasteiger partial charge in [0, 0.05) is 16.7 Å². The van der Waals surface area contributed by atoms with E-state index in [2.05, 4.69) is 4.98 Å². The van der Waals surface area contributed by atoms with E-state index in [9.17, 15) is 14.9 Å². The van der Waals surface area contributed by atoms with E-state index >= 15 is 0 Å². The van der Waals surface area contributed by atoms with E-state index < -0.39 is 10.8 Å². The SMILES string of the molecule is CCc1c(Oc2nc3cc(Cl)ccc3s2)cc([N+](=O)[O-])cc1C(N)=O. The highest BCUT2D eigenvalue weighted by molar-refractivity contribution is 7.20. The molecule has 128 valence electrons. The molecular weight excluding hydrogens is 366 g/mol. The van der Waals surface area contributed by atoms with Crippen LogP contribution >= 0.6 is 22.9 Å². The molecule has 2 N–H and O–H groups in total. The predicted molar refractivity (Wildman–Crippen MR) is 95.7 cm³/mol. The molecule has 0 radical (unpaired) electrons. The number of ether oxygens (including phenoxy) is 1. The Bertz CT molecular complexity index is 1000. The van der Waals surface area contributed by atoms with Crippen molar-refractivity contribution >= 4 is 44.7 Å². The van der Waals surface area contributed by atoms with Gasteiger partial charge in [0.2, 0.25) is 5.91 Å². The Morgan fingerprint density at radius 2 is 2.16 bits per heavy atom. The van der Waals surface area contributed by atoms with Crippen LogP contribution in [-0.2, 0) is 6.42 Å². The molecule has 3 aromatic rings. The molecule has 7 nitrogen and oxygen atoms in total. The second-order valence-electron chi connectivity index (χ2n) is 5.14. The molecule has 0 unspecified atom stereocenters. The van der Waals surface area contributed by atoms with Crippen molar-refractivity contribution in [3.63, 3.8) is 0 Å². The first kappa shape index (κ1) is 17.1. The number of hydrogen-bond donors (Lipinski definition) is 1. The summed E-state index contributed by atoms with van der Waals surface area (Å²) in [5, 5.41) is 12.0. The number of non-ortho nitro benzene ring substituents is 1. The van der Waals surface area contributed by atoms with E-state index in [0.717, 1.165) is 10.8 Å². The number of nitro groups is 1. The number of hydrogen-bond acceptors (Lipinski definition) is 6. The summed E-state index contributed by atoms with van der Waals surface area (Å²) in [6.07, 6.45) is 0.419. The molecule has 0 aliphatic rings. The molecule has 0 saturated heterocycles. The molecule has 0 atom stereocenters. The number of fused-ring (bicyclic) bond motifs is 1. The van der Waals surface area contributed by atoms with Crippen LogP contribution < -0.4 is 10.5 Å². The minimum Gasteiger partial charge on any atom is -0.430 e. The maximum absolute atomic E-state index is 11.7. The van der Waals surface area contributed by atoms with Gasteiger partial charge >= 0.3 is 0 Å². The highest BCUT2D eigenvalue weighted by Crippen LogP contribution is 2.36. The van der Waals surface area contributed by atoms with Crippen molar-refractivity contribution in [2.45, 2.75) is 13.3 Å². The van der Waals surface area contributed by atoms with Crippen LogP contribution in [0.2, 0.25) is 5.02 Å². The van der Waals surface area contributed by atoms with Gasteiger partial charge in [-0.2, -0.15) is 0 Å². The van der Waals surface area contributed by atoms with E-state index in [-0.39, 0.29) is 17.0 Å². The van der Waals surface area contributed by atoms with Crippen LogP contribution in [0.1, 0.15) is 22.8 Å². The summed E-state index contributed by atoms with van der Waals surface area (Å²) in [7, 11) is 0. The highest BCUT2D eigenvalue weighted by atomic mass is 35.5. The lowest BCUT2D eigenvalue weighted by Gasteiger charge is -2.11. The van der Waals surface area contributed by atoms with Gasteiger partial charge in [0.15, 0.2) is 0 Å². The van der Waals surface area contributed by atoms with Gasteiger partial charge in [-0.15, -0.1) is 0 Å². The fraction of sp³-hybridized carbons (Fsp3) is 0.125. The molecule has 0 aliphatic heterocycles. The van der Waals surface area contributed by atoms with Crippen LogP contribution in [0.15, 0.2) is 30.3 Å². The largest absolute Gasteiger partial charge is 0.430 e. The third-order valence-corrected chi connectivity index (χ3v) is 4.70. The van der Waals surface area contributed by atoms with Crippen LogP contribution in [-0.4, -0.2) is 15.8 Å². The number of aromatic nitrogens is 1. The number of thiazole rings is 1. The van der Waals surface area contributed by atoms with Gasteiger partial charge in [0.1, 0.15) is 5.75 Å². The van der Waals surface area contributed by atoms with Gasteiger partial charge in [0.05, 0.1) is 26.8 Å². The normalized spacial score (nSPS) is 10.8. The average Bonchev–Trinajstić information content (AvgIpc) is 2.95. The van der Waals surface area contributed by atoms with Crippen molar-refractivity contribution in [3.8, 4) is 10.9 Å². The molecular formula is C16H12ClN3O4S. The lowest BCUT2D eigenvalue weighted by molar-refractivity contribution is -0.385. The van der Waals surface area contributed by atoms with E-state index in [4.69, 9.17) is 22.1 Å². The molecule has 0 bridgehead atoms. The number of rotatable bonds is 5. The van der Waals surface area contributed by atoms with Crippen molar-refractivity contribution in [2.24, 2.45) is 5.73 Å². The van der Waals surface area contributed by atoms with Crippen molar-refractivity contribution in [2.75, 3.05) is 0 Å². The van der Waals surface area contributed by atoms with Crippen molar-refractivity contribution in [1.82, 2.24) is 4.98 Å². The summed E-state index contributed by atoms with van der Waals surface area (Å²) in [6, 6.07) is 7.67. The van der Waals surface area contributed by atoms with Gasteiger partial charge in [-0.3, -0.25) is 14.9 Å². The lowest BCUT2D eigenvalue weighted by atomic mass is 10.0. The zero-order valence-electron chi connectivity index (χ0n) is 13.0. The van der Waals surface area contributed by atoms with E-state index in [0.29, 0.717) is 27.7 Å². The molecule has 0 aliphatic carbocycles. The first-order chi connectivity index (χ1) is 11.9. The number of benzene rings is 2. The minimum atomic E-state index is -0.749. The number of primary amides is 1. The van der Waals surface area contributed by atoms with Crippen LogP contribution in [0.25, 0.3) is 10.2 Å². The molecule has 3 rings (SSSR count). The van der Waals surface area contributed by atoms with Gasteiger partial charge in [0.25, 0.3) is 10.9 Å². The smallest absolute Gasteiger partial charge is 0.279 e. The Labute approximate surface area is 151 Å². The number of carbonyl (C=O) groups is 1. The highest BCUT2D eigenvalue weighted by Gasteiger charge is 2.21. The Hall–Kier alpha value is -2.71. The first-order valence-corrected chi connectivity index (χ1v) is 8.43. The average molecular weight is 378 g/mol. The summed E-state index contributed by atoms with van der Waals surface area (Å²) < 4.78 is 6.62. The number of amides is 1. The molecule has 0 fully saturated rings. The summed E-state index contributed by atoms with van der Waals surface area (Å²) in [5.41, 5.74) is 6.30. The Kier molecular flexibility index (Phi) is 4.56. The van der Waals surface area contributed by atoms with Gasteiger partial charge in [-0.25, -0.2) is 4.98 Å². The van der Waals surface area contributed by atoms with E-state index in [1.807, 2.05) is 6.07 Å². The molecule has 0 saturated carbocycles. The number of halogens is 1. The summed E-state index contributed by atoms with van der Waals surface area (Å²) in [6.45, 7) is 1.80. The summed E-state index contributed by atoms with van der Waals surface area (Å²) in [4.78, 5) is 26.5. The molecule has 9 heteroatoms. The Morgan fingerprint density at radius 3 is 2.80 bits per heavy atom. The zero-order valence-corrected chi connectivity index (χ0v) is 14.6. The fourth-order valence-electron chi connectivity index (χ4n) is 2.43. The fourth-order valence-corrected chi connectivity index (χ4v) is 3.40. The standard InChI is InChI=1S/C16H12ClN3O4S/c1-2-10-11(15(18)21)6-9(20(22)23)7-13(10)24-16-19-12-5-8(17)3-4-14(12)25-16/h3-7H,2H2,1H3,(H2,18,21). The third-order valence-electron chi connectivity index (χ3n) is 3.55. The van der Waals surface area contributed by atoms with Crippen LogP contribution in [0.4, 0.5) is 5.69 Å². The van der Waals surface area contributed by atoms with Crippen LogP contribution in [0.5, 0.6) is 10.9 Å². The molecule has 1 aromatic heterocycles. The maximum Gasteiger partial charge on any atom is 0.279 e. The maximum atomic E-state index is 11.7. The Morgan fingerprint density at radius 1 is 1.40 bits per heavy atom. The molecule has 2 aromatic carbocycles. The monoisotopic (exact) mass is 377 g/mol. The van der Waals surface area contributed by atoms with Crippen molar-refractivity contribution < 1.29 is 14.5 Å². The van der Waals surface area contributed by atoms with Gasteiger partial charge in [-0.05, 0) is 24.6 Å². The zero-order chi connectivity index (χ0) is 18.1. The lowest BCUT2D eigenvalue weighted by Crippen LogP contribution is -2.14. The quantitative estimate of drug-likeness (QED) is 0.526.